The van der Waals surface area contributed by atoms with Crippen LogP contribution in [-0.2, 0) is 11.2 Å². The summed E-state index contributed by atoms with van der Waals surface area (Å²) in [6, 6.07) is 16.0. The predicted octanol–water partition coefficient (Wildman–Crippen LogP) is 2.25. The van der Waals surface area contributed by atoms with Crippen molar-refractivity contribution in [2.75, 3.05) is 0 Å². The second kappa shape index (κ2) is 5.20. The Morgan fingerprint density at radius 1 is 0.952 bits per heavy atom. The van der Waals surface area contributed by atoms with Gasteiger partial charge in [0.15, 0.2) is 0 Å². The quantitative estimate of drug-likeness (QED) is 0.773. The van der Waals surface area contributed by atoms with Crippen molar-refractivity contribution in [2.24, 2.45) is 0 Å². The van der Waals surface area contributed by atoms with Crippen LogP contribution in [0.25, 0.3) is 10.8 Å². The summed E-state index contributed by atoms with van der Waals surface area (Å²) in [7, 11) is 0. The van der Waals surface area contributed by atoms with Gasteiger partial charge in [0, 0.05) is 12.1 Å². The average molecular weight is 283 g/mol. The number of hydrogen-bond acceptors (Lipinski definition) is 4. The zero-order chi connectivity index (χ0) is 14.8. The number of aromatic nitrogens is 1. The fraction of sp³-hybridized carbons (Fsp3) is 0.0625. The third-order valence-electron chi connectivity index (χ3n) is 3.15. The summed E-state index contributed by atoms with van der Waals surface area (Å²) in [6.45, 7) is 0. The van der Waals surface area contributed by atoms with Gasteiger partial charge < -0.3 is 15.1 Å². The Morgan fingerprint density at radius 3 is 2.33 bits per heavy atom. The number of rotatable bonds is 3. The van der Waals surface area contributed by atoms with Crippen molar-refractivity contribution in [1.29, 1.82) is 0 Å². The highest BCUT2D eigenvalue weighted by atomic mass is 16.7. The summed E-state index contributed by atoms with van der Waals surface area (Å²) < 4.78 is 0.684. The molecule has 0 spiro atoms. The van der Waals surface area contributed by atoms with E-state index in [-0.39, 0.29) is 18.2 Å². The van der Waals surface area contributed by atoms with Crippen LogP contribution in [0.5, 0.6) is 11.8 Å². The smallest absolute Gasteiger partial charge is 0.337 e. The maximum Gasteiger partial charge on any atom is 0.337 e. The van der Waals surface area contributed by atoms with E-state index in [0.717, 1.165) is 16.3 Å². The third-order valence-corrected chi connectivity index (χ3v) is 3.15. The molecule has 0 unspecified atom stereocenters. The Hall–Kier alpha value is -2.95. The molecule has 5 heteroatoms. The summed E-state index contributed by atoms with van der Waals surface area (Å²) in [5, 5.41) is 21.0. The Kier molecular flexibility index (Phi) is 3.23. The molecular formula is C16H13NO4. The molecule has 21 heavy (non-hydrogen) atoms. The monoisotopic (exact) mass is 283 g/mol. The number of benzene rings is 2. The molecule has 0 saturated heterocycles. The van der Waals surface area contributed by atoms with Gasteiger partial charge in [0.05, 0.1) is 6.42 Å². The van der Waals surface area contributed by atoms with Crippen LogP contribution in [0.2, 0.25) is 0 Å². The van der Waals surface area contributed by atoms with Gasteiger partial charge in [0.1, 0.15) is 0 Å². The highest BCUT2D eigenvalue weighted by Crippen LogP contribution is 2.19. The summed E-state index contributed by atoms with van der Waals surface area (Å²) in [4.78, 5) is 16.8. The molecule has 0 aliphatic rings. The van der Waals surface area contributed by atoms with Crippen LogP contribution in [0, 0.1) is 0 Å². The van der Waals surface area contributed by atoms with Gasteiger partial charge in [-0.3, -0.25) is 0 Å². The molecule has 5 nitrogen and oxygen atoms in total. The second-order valence-electron chi connectivity index (χ2n) is 4.67. The lowest BCUT2D eigenvalue weighted by Gasteiger charge is -2.07. The summed E-state index contributed by atoms with van der Waals surface area (Å²) in [6.07, 6.45) is 0.0435. The minimum absolute atomic E-state index is 0.0435. The number of carbonyl (C=O) groups excluding carboxylic acids is 1. The van der Waals surface area contributed by atoms with Gasteiger partial charge in [-0.05, 0) is 16.3 Å². The molecule has 0 aliphatic heterocycles. The van der Waals surface area contributed by atoms with Gasteiger partial charge in [-0.25, -0.2) is 4.79 Å². The highest BCUT2D eigenvalue weighted by Gasteiger charge is 2.12. The lowest BCUT2D eigenvalue weighted by Crippen LogP contribution is -2.20. The SMILES string of the molecule is O=C(Cc1ccc2ccccc2c1)On1c(O)ccc1O. The van der Waals surface area contributed by atoms with Crippen molar-refractivity contribution in [1.82, 2.24) is 4.73 Å². The van der Waals surface area contributed by atoms with Crippen LogP contribution in [-0.4, -0.2) is 20.9 Å². The van der Waals surface area contributed by atoms with Crippen LogP contribution in [0.3, 0.4) is 0 Å². The van der Waals surface area contributed by atoms with E-state index < -0.39 is 5.97 Å². The molecule has 2 N–H and O–H groups in total. The molecule has 3 rings (SSSR count). The Morgan fingerprint density at radius 2 is 1.62 bits per heavy atom. The molecule has 0 fully saturated rings. The topological polar surface area (TPSA) is 71.7 Å². The normalized spacial score (nSPS) is 10.7. The number of fused-ring (bicyclic) bond motifs is 1. The van der Waals surface area contributed by atoms with E-state index in [9.17, 15) is 15.0 Å². The van der Waals surface area contributed by atoms with Crippen molar-refractivity contribution in [2.45, 2.75) is 6.42 Å². The van der Waals surface area contributed by atoms with Crippen LogP contribution >= 0.6 is 0 Å². The van der Waals surface area contributed by atoms with Crippen LogP contribution in [0.15, 0.2) is 54.6 Å². The van der Waals surface area contributed by atoms with E-state index in [2.05, 4.69) is 0 Å². The Bertz CT molecular complexity index is 787. The van der Waals surface area contributed by atoms with Crippen LogP contribution in [0.4, 0.5) is 0 Å². The Balaban J connectivity index is 1.77. The van der Waals surface area contributed by atoms with E-state index in [0.29, 0.717) is 4.73 Å². The number of carbonyl (C=O) groups is 1. The first-order chi connectivity index (χ1) is 10.1. The molecule has 0 aliphatic carbocycles. The summed E-state index contributed by atoms with van der Waals surface area (Å²) >= 11 is 0. The van der Waals surface area contributed by atoms with E-state index in [1.807, 2.05) is 42.5 Å². The van der Waals surface area contributed by atoms with Gasteiger partial charge in [-0.15, -0.1) is 4.73 Å². The lowest BCUT2D eigenvalue weighted by atomic mass is 10.1. The number of nitrogens with zero attached hydrogens (tertiary/aromatic N) is 1. The fourth-order valence-corrected chi connectivity index (χ4v) is 2.14. The summed E-state index contributed by atoms with van der Waals surface area (Å²) in [5.41, 5.74) is 0.796. The van der Waals surface area contributed by atoms with Gasteiger partial charge in [-0.1, -0.05) is 42.5 Å². The average Bonchev–Trinajstić information content (AvgIpc) is 2.79. The molecule has 0 atom stereocenters. The maximum atomic E-state index is 11.9. The van der Waals surface area contributed by atoms with Crippen molar-refractivity contribution in [3.05, 3.63) is 60.2 Å². The van der Waals surface area contributed by atoms with Crippen molar-refractivity contribution in [3.63, 3.8) is 0 Å². The molecule has 106 valence electrons. The molecule has 0 radical (unpaired) electrons. The van der Waals surface area contributed by atoms with E-state index >= 15 is 0 Å². The maximum absolute atomic E-state index is 11.9. The van der Waals surface area contributed by atoms with Crippen molar-refractivity contribution in [3.8, 4) is 11.8 Å². The molecule has 0 saturated carbocycles. The molecule has 1 heterocycles. The van der Waals surface area contributed by atoms with E-state index in [1.54, 1.807) is 0 Å². The molecule has 0 bridgehead atoms. The third kappa shape index (κ3) is 2.67. The van der Waals surface area contributed by atoms with E-state index in [1.165, 1.54) is 12.1 Å². The minimum atomic E-state index is -0.577. The molecule has 0 amide bonds. The first-order valence-electron chi connectivity index (χ1n) is 6.42. The standard InChI is InChI=1S/C16H13NO4/c18-14-7-8-15(19)17(14)21-16(20)10-11-5-6-12-3-1-2-4-13(12)9-11/h1-9,18-19H,10H2. The first-order valence-corrected chi connectivity index (χ1v) is 6.42. The van der Waals surface area contributed by atoms with Gasteiger partial charge >= 0.3 is 5.97 Å². The molecule has 2 aromatic carbocycles. The van der Waals surface area contributed by atoms with Crippen LogP contribution < -0.4 is 4.84 Å². The number of aromatic hydroxyl groups is 2. The first kappa shape index (κ1) is 13.1. The molecule has 1 aromatic heterocycles. The molecule has 3 aromatic rings. The summed E-state index contributed by atoms with van der Waals surface area (Å²) in [5.74, 6) is -1.24. The number of hydrogen-bond donors (Lipinski definition) is 2. The molecular weight excluding hydrogens is 270 g/mol. The highest BCUT2D eigenvalue weighted by molar-refractivity contribution is 5.84. The van der Waals surface area contributed by atoms with Gasteiger partial charge in [0.25, 0.3) is 0 Å². The Labute approximate surface area is 120 Å². The van der Waals surface area contributed by atoms with Crippen LogP contribution in [0.1, 0.15) is 5.56 Å². The van der Waals surface area contributed by atoms with Crippen molar-refractivity contribution < 1.29 is 19.8 Å². The minimum Gasteiger partial charge on any atom is -0.492 e. The van der Waals surface area contributed by atoms with Gasteiger partial charge in [0.2, 0.25) is 11.8 Å². The second-order valence-corrected chi connectivity index (χ2v) is 4.67. The fourth-order valence-electron chi connectivity index (χ4n) is 2.14. The zero-order valence-corrected chi connectivity index (χ0v) is 11.1. The predicted molar refractivity (Wildman–Crippen MR) is 77.0 cm³/mol. The van der Waals surface area contributed by atoms with Crippen molar-refractivity contribution >= 4 is 16.7 Å². The van der Waals surface area contributed by atoms with E-state index in [4.69, 9.17) is 4.84 Å². The lowest BCUT2D eigenvalue weighted by molar-refractivity contribution is -0.144. The van der Waals surface area contributed by atoms with Gasteiger partial charge in [-0.2, -0.15) is 0 Å². The zero-order valence-electron chi connectivity index (χ0n) is 11.1. The largest absolute Gasteiger partial charge is 0.492 e.